The van der Waals surface area contributed by atoms with E-state index in [-0.39, 0.29) is 35.9 Å². The number of benzene rings is 2. The number of esters is 1. The first-order chi connectivity index (χ1) is 17.0. The van der Waals surface area contributed by atoms with Gasteiger partial charge < -0.3 is 14.6 Å². The Labute approximate surface area is 207 Å². The second kappa shape index (κ2) is 11.5. The summed E-state index contributed by atoms with van der Waals surface area (Å²) < 4.78 is 11.6. The molecule has 0 fully saturated rings. The van der Waals surface area contributed by atoms with E-state index in [2.05, 4.69) is 16.9 Å². The molecule has 0 radical (unpaired) electrons. The Hall–Kier alpha value is -3.91. The average Bonchev–Trinajstić information content (AvgIpc) is 3.21. The van der Waals surface area contributed by atoms with Crippen LogP contribution in [0.5, 0.6) is 11.6 Å². The predicted octanol–water partition coefficient (Wildman–Crippen LogP) is 4.71. The molecule has 2 aromatic carbocycles. The molecule has 0 aliphatic rings. The highest BCUT2D eigenvalue weighted by Gasteiger charge is 2.18. The van der Waals surface area contributed by atoms with Crippen LogP contribution in [0.2, 0.25) is 0 Å². The zero-order chi connectivity index (χ0) is 24.6. The average molecular weight is 491 g/mol. The number of aromatic amines is 1. The van der Waals surface area contributed by atoms with Gasteiger partial charge in [0, 0.05) is 12.6 Å². The van der Waals surface area contributed by atoms with E-state index < -0.39 is 0 Å². The number of nitrogens with zero attached hydrogens (tertiary/aromatic N) is 1. The zero-order valence-electron chi connectivity index (χ0n) is 19.3. The molecule has 2 aromatic heterocycles. The summed E-state index contributed by atoms with van der Waals surface area (Å²) >= 11 is 0.993. The molecule has 0 spiro atoms. The molecule has 1 unspecified atom stereocenters. The molecular formula is C27H26N2O5S. The topological polar surface area (TPSA) is 102 Å². The van der Waals surface area contributed by atoms with Crippen molar-refractivity contribution in [1.82, 2.24) is 9.97 Å². The van der Waals surface area contributed by atoms with E-state index in [0.29, 0.717) is 22.6 Å². The van der Waals surface area contributed by atoms with Crippen LogP contribution in [0, 0.1) is 0 Å². The number of aromatic hydroxyl groups is 1. The van der Waals surface area contributed by atoms with Crippen molar-refractivity contribution in [3.05, 3.63) is 110 Å². The standard InChI is InChI=1S/C27H26N2O5S/c1-2-18-10-13-23(28-15-18)21(17-34-26(31)20-6-4-3-5-7-20)16-33-22-11-8-19(9-12-22)14-24-25(30)29-27(32)35-24/h3-13,15,21,30H,2,14,16-17H2,1H3,(H,29,32). The monoisotopic (exact) mass is 490 g/mol. The molecule has 180 valence electrons. The van der Waals surface area contributed by atoms with Gasteiger partial charge in [-0.15, -0.1) is 0 Å². The van der Waals surface area contributed by atoms with Gasteiger partial charge in [0.05, 0.1) is 28.7 Å². The Balaban J connectivity index is 1.41. The lowest BCUT2D eigenvalue weighted by Crippen LogP contribution is -2.20. The van der Waals surface area contributed by atoms with Crippen molar-refractivity contribution in [3.63, 3.8) is 0 Å². The molecule has 0 amide bonds. The van der Waals surface area contributed by atoms with Gasteiger partial charge in [0.1, 0.15) is 12.4 Å². The maximum atomic E-state index is 12.4. The molecule has 35 heavy (non-hydrogen) atoms. The summed E-state index contributed by atoms with van der Waals surface area (Å²) in [5, 5.41) is 9.78. The van der Waals surface area contributed by atoms with E-state index in [0.717, 1.165) is 34.6 Å². The van der Waals surface area contributed by atoms with E-state index in [1.54, 1.807) is 24.3 Å². The lowest BCUT2D eigenvalue weighted by atomic mass is 10.1. The second-order valence-electron chi connectivity index (χ2n) is 8.02. The fourth-order valence-corrected chi connectivity index (χ4v) is 4.26. The van der Waals surface area contributed by atoms with E-state index >= 15 is 0 Å². The molecule has 4 rings (SSSR count). The van der Waals surface area contributed by atoms with Gasteiger partial charge in [-0.1, -0.05) is 54.7 Å². The molecule has 0 saturated carbocycles. The fraction of sp³-hybridized carbons (Fsp3) is 0.222. The summed E-state index contributed by atoms with van der Waals surface area (Å²) in [6, 6.07) is 20.3. The molecule has 0 saturated heterocycles. The van der Waals surface area contributed by atoms with Gasteiger partial charge >= 0.3 is 10.8 Å². The predicted molar refractivity (Wildman–Crippen MR) is 134 cm³/mol. The Morgan fingerprint density at radius 2 is 1.77 bits per heavy atom. The molecule has 1 atom stereocenters. The van der Waals surface area contributed by atoms with Crippen molar-refractivity contribution >= 4 is 17.3 Å². The number of thiazole rings is 1. The number of H-pyrrole nitrogens is 1. The lowest BCUT2D eigenvalue weighted by molar-refractivity contribution is 0.0454. The highest BCUT2D eigenvalue weighted by molar-refractivity contribution is 7.09. The maximum Gasteiger partial charge on any atom is 0.338 e. The van der Waals surface area contributed by atoms with Gasteiger partial charge in [-0.3, -0.25) is 14.8 Å². The van der Waals surface area contributed by atoms with E-state index in [9.17, 15) is 14.7 Å². The van der Waals surface area contributed by atoms with Crippen LogP contribution < -0.4 is 9.61 Å². The van der Waals surface area contributed by atoms with Gasteiger partial charge in [-0.05, 0) is 47.9 Å². The zero-order valence-corrected chi connectivity index (χ0v) is 20.1. The molecule has 0 bridgehead atoms. The van der Waals surface area contributed by atoms with Crippen molar-refractivity contribution in [1.29, 1.82) is 0 Å². The van der Waals surface area contributed by atoms with Gasteiger partial charge in [0.2, 0.25) is 5.88 Å². The van der Waals surface area contributed by atoms with Crippen LogP contribution in [0.25, 0.3) is 0 Å². The Morgan fingerprint density at radius 1 is 1.03 bits per heavy atom. The highest BCUT2D eigenvalue weighted by atomic mass is 32.1. The van der Waals surface area contributed by atoms with Gasteiger partial charge in [0.15, 0.2) is 0 Å². The molecule has 8 heteroatoms. The quantitative estimate of drug-likeness (QED) is 0.312. The van der Waals surface area contributed by atoms with Crippen LogP contribution in [-0.2, 0) is 17.6 Å². The minimum Gasteiger partial charge on any atom is -0.494 e. The van der Waals surface area contributed by atoms with Crippen LogP contribution in [0.3, 0.4) is 0 Å². The third kappa shape index (κ3) is 6.58. The maximum absolute atomic E-state index is 12.4. The van der Waals surface area contributed by atoms with Crippen molar-refractivity contribution in [2.24, 2.45) is 0 Å². The fourth-order valence-electron chi connectivity index (χ4n) is 3.50. The first-order valence-electron chi connectivity index (χ1n) is 11.3. The van der Waals surface area contributed by atoms with Crippen molar-refractivity contribution in [2.75, 3.05) is 13.2 Å². The first kappa shape index (κ1) is 24.2. The summed E-state index contributed by atoms with van der Waals surface area (Å²) in [5.74, 6) is -0.0673. The third-order valence-corrected chi connectivity index (χ3v) is 6.41. The number of nitrogens with one attached hydrogen (secondary N) is 1. The van der Waals surface area contributed by atoms with Crippen molar-refractivity contribution < 1.29 is 19.4 Å². The number of hydrogen-bond donors (Lipinski definition) is 2. The summed E-state index contributed by atoms with van der Waals surface area (Å²) in [4.78, 5) is 31.1. The number of ether oxygens (including phenoxy) is 2. The van der Waals surface area contributed by atoms with Gasteiger partial charge in [-0.2, -0.15) is 0 Å². The Morgan fingerprint density at radius 3 is 2.40 bits per heavy atom. The molecule has 4 aromatic rings. The summed E-state index contributed by atoms with van der Waals surface area (Å²) in [6.07, 6.45) is 3.17. The number of carbonyl (C=O) groups is 1. The smallest absolute Gasteiger partial charge is 0.338 e. The first-order valence-corrected chi connectivity index (χ1v) is 12.1. The number of carbonyl (C=O) groups excluding carboxylic acids is 1. The van der Waals surface area contributed by atoms with E-state index in [1.165, 1.54) is 0 Å². The van der Waals surface area contributed by atoms with Crippen molar-refractivity contribution in [2.45, 2.75) is 25.7 Å². The number of aromatic nitrogens is 2. The van der Waals surface area contributed by atoms with E-state index in [4.69, 9.17) is 9.47 Å². The molecule has 2 N–H and O–H groups in total. The normalized spacial score (nSPS) is 11.7. The van der Waals surface area contributed by atoms with Crippen LogP contribution in [-0.4, -0.2) is 34.3 Å². The molecule has 7 nitrogen and oxygen atoms in total. The number of aryl methyl sites for hydroxylation is 1. The lowest BCUT2D eigenvalue weighted by Gasteiger charge is -2.18. The summed E-state index contributed by atoms with van der Waals surface area (Å²) in [5.41, 5.74) is 3.35. The van der Waals surface area contributed by atoms with Crippen LogP contribution in [0.15, 0.2) is 77.7 Å². The van der Waals surface area contributed by atoms with Gasteiger partial charge in [-0.25, -0.2) is 4.79 Å². The molecule has 2 heterocycles. The number of rotatable bonds is 10. The van der Waals surface area contributed by atoms with Gasteiger partial charge in [0.25, 0.3) is 0 Å². The summed E-state index contributed by atoms with van der Waals surface area (Å²) in [6.45, 7) is 2.48. The molecule has 0 aliphatic carbocycles. The van der Waals surface area contributed by atoms with Crippen LogP contribution >= 0.6 is 11.3 Å². The minimum absolute atomic E-state index is 0.0881. The Bertz CT molecular complexity index is 1300. The molecular weight excluding hydrogens is 464 g/mol. The van der Waals surface area contributed by atoms with Crippen LogP contribution in [0.4, 0.5) is 0 Å². The second-order valence-corrected chi connectivity index (χ2v) is 9.09. The Kier molecular flexibility index (Phi) is 7.95. The van der Waals surface area contributed by atoms with Crippen molar-refractivity contribution in [3.8, 4) is 11.6 Å². The van der Waals surface area contributed by atoms with E-state index in [1.807, 2.05) is 48.7 Å². The number of pyridine rings is 1. The third-order valence-electron chi connectivity index (χ3n) is 5.54. The number of hydrogen-bond acceptors (Lipinski definition) is 7. The SMILES string of the molecule is CCc1ccc(C(COC(=O)c2ccccc2)COc2ccc(Cc3sc(=O)[nH]c3O)cc2)nc1. The minimum atomic E-state index is -0.388. The summed E-state index contributed by atoms with van der Waals surface area (Å²) in [7, 11) is 0. The van der Waals surface area contributed by atoms with Crippen LogP contribution in [0.1, 0.15) is 44.9 Å². The molecule has 0 aliphatic heterocycles. The highest BCUT2D eigenvalue weighted by Crippen LogP contribution is 2.23. The largest absolute Gasteiger partial charge is 0.494 e.